The van der Waals surface area contributed by atoms with Crippen molar-refractivity contribution in [2.75, 3.05) is 0 Å². The Kier molecular flexibility index (Phi) is 12.9. The van der Waals surface area contributed by atoms with Crippen molar-refractivity contribution in [2.45, 2.75) is 72.1 Å². The van der Waals surface area contributed by atoms with Gasteiger partial charge in [0.25, 0.3) is 0 Å². The van der Waals surface area contributed by atoms with Crippen molar-refractivity contribution in [1.29, 1.82) is 0 Å². The van der Waals surface area contributed by atoms with Crippen LogP contribution < -0.4 is 10.9 Å². The Bertz CT molecular complexity index is 402. The molecular weight excluding hydrogens is 294 g/mol. The fourth-order valence-electron chi connectivity index (χ4n) is 1.98. The van der Waals surface area contributed by atoms with Gasteiger partial charge in [0.1, 0.15) is 0 Å². The highest BCUT2D eigenvalue weighted by Gasteiger charge is 2.02. The van der Waals surface area contributed by atoms with E-state index in [9.17, 15) is 9.59 Å². The molecule has 0 saturated carbocycles. The van der Waals surface area contributed by atoms with E-state index >= 15 is 0 Å². The highest BCUT2D eigenvalue weighted by Crippen LogP contribution is 2.10. The van der Waals surface area contributed by atoms with Gasteiger partial charge in [0, 0.05) is 19.1 Å². The van der Waals surface area contributed by atoms with Gasteiger partial charge in [-0.3, -0.25) is 14.8 Å². The highest BCUT2D eigenvalue weighted by molar-refractivity contribution is 5.76. The molecule has 2 amide bonds. The number of rotatable bonds is 12. The molecule has 0 unspecified atom stereocenters. The summed E-state index contributed by atoms with van der Waals surface area (Å²) in [6.45, 7) is 6.38. The molecule has 0 aromatic carbocycles. The highest BCUT2D eigenvalue weighted by atomic mass is 16.5. The van der Waals surface area contributed by atoms with Crippen LogP contribution in [0.5, 0.6) is 0 Å². The molecule has 1 atom stereocenters. The van der Waals surface area contributed by atoms with Gasteiger partial charge < -0.3 is 0 Å². The molecular formula is C17H31N3O3. The Balaban J connectivity index is 3.60. The maximum absolute atomic E-state index is 11.5. The normalized spacial score (nSPS) is 12.0. The first-order valence-electron chi connectivity index (χ1n) is 8.32. The molecule has 0 rings (SSSR count). The lowest BCUT2D eigenvalue weighted by Gasteiger charge is -2.06. The van der Waals surface area contributed by atoms with Gasteiger partial charge in [0.2, 0.25) is 11.8 Å². The van der Waals surface area contributed by atoms with E-state index in [1.165, 1.54) is 5.57 Å². The number of nitrogens with one attached hydrogen (secondary N) is 2. The van der Waals surface area contributed by atoms with Crippen LogP contribution in [0.25, 0.3) is 0 Å². The van der Waals surface area contributed by atoms with Crippen LogP contribution in [0.4, 0.5) is 0 Å². The third-order valence-electron chi connectivity index (χ3n) is 3.43. The first-order valence-corrected chi connectivity index (χ1v) is 8.32. The van der Waals surface area contributed by atoms with Crippen LogP contribution in [0, 0.1) is 5.92 Å². The summed E-state index contributed by atoms with van der Waals surface area (Å²) < 4.78 is 0. The number of amides is 2. The number of carbonyl (C=O) groups is 2. The van der Waals surface area contributed by atoms with Gasteiger partial charge in [0.05, 0.1) is 0 Å². The molecule has 0 saturated heterocycles. The first kappa shape index (κ1) is 21.3. The number of carbonyl (C=O) groups excluding carboxylic acids is 2. The Morgan fingerprint density at radius 1 is 1.13 bits per heavy atom. The minimum atomic E-state index is -0.391. The Morgan fingerprint density at radius 3 is 2.39 bits per heavy atom. The van der Waals surface area contributed by atoms with Crippen molar-refractivity contribution in [3.63, 3.8) is 0 Å². The van der Waals surface area contributed by atoms with Crippen LogP contribution in [-0.4, -0.2) is 23.2 Å². The molecule has 0 aromatic heterocycles. The fourth-order valence-corrected chi connectivity index (χ4v) is 1.98. The molecule has 3 N–H and O–H groups in total. The third kappa shape index (κ3) is 15.0. The zero-order valence-corrected chi connectivity index (χ0v) is 14.6. The second kappa shape index (κ2) is 13.9. The number of allylic oxidation sites excluding steroid dienone is 2. The van der Waals surface area contributed by atoms with Crippen LogP contribution in [0.15, 0.2) is 16.8 Å². The van der Waals surface area contributed by atoms with Gasteiger partial charge in [-0.25, -0.2) is 10.9 Å². The van der Waals surface area contributed by atoms with Crippen molar-refractivity contribution < 1.29 is 14.8 Å². The van der Waals surface area contributed by atoms with Gasteiger partial charge in [0.15, 0.2) is 0 Å². The predicted octanol–water partition coefficient (Wildman–Crippen LogP) is 3.32. The van der Waals surface area contributed by atoms with E-state index in [0.717, 1.165) is 25.7 Å². The summed E-state index contributed by atoms with van der Waals surface area (Å²) in [6.07, 6.45) is 9.86. The molecule has 6 nitrogen and oxygen atoms in total. The largest absolute Gasteiger partial charge is 0.289 e. The van der Waals surface area contributed by atoms with Crippen molar-refractivity contribution in [1.82, 2.24) is 10.9 Å². The summed E-state index contributed by atoms with van der Waals surface area (Å²) in [7, 11) is 0. The fraction of sp³-hybridized carbons (Fsp3) is 0.706. The van der Waals surface area contributed by atoms with Crippen molar-refractivity contribution >= 4 is 18.0 Å². The van der Waals surface area contributed by atoms with Crippen LogP contribution in [0.3, 0.4) is 0 Å². The molecule has 0 aliphatic rings. The van der Waals surface area contributed by atoms with E-state index in [4.69, 9.17) is 5.21 Å². The zero-order chi connectivity index (χ0) is 17.5. The van der Waals surface area contributed by atoms with E-state index in [1.54, 1.807) is 11.7 Å². The molecule has 0 bridgehead atoms. The lowest BCUT2D eigenvalue weighted by atomic mass is 10.0. The second-order valence-electron chi connectivity index (χ2n) is 6.14. The van der Waals surface area contributed by atoms with Gasteiger partial charge in [-0.2, -0.15) is 5.10 Å². The molecule has 132 valence electrons. The average molecular weight is 325 g/mol. The summed E-state index contributed by atoms with van der Waals surface area (Å²) in [5.74, 6) is 0.0479. The number of hydrogen-bond donors (Lipinski definition) is 3. The summed E-state index contributed by atoms with van der Waals surface area (Å²) in [6, 6.07) is 0. The summed E-state index contributed by atoms with van der Waals surface area (Å²) in [5.41, 5.74) is 5.45. The maximum atomic E-state index is 11.5. The average Bonchev–Trinajstić information content (AvgIpc) is 2.50. The smallest absolute Gasteiger partial charge is 0.243 e. The molecule has 0 spiro atoms. The minimum absolute atomic E-state index is 0.106. The predicted molar refractivity (Wildman–Crippen MR) is 92.1 cm³/mol. The Labute approximate surface area is 139 Å². The van der Waals surface area contributed by atoms with Gasteiger partial charge in [-0.05, 0) is 51.9 Å². The second-order valence-corrected chi connectivity index (χ2v) is 6.14. The molecule has 23 heavy (non-hydrogen) atoms. The van der Waals surface area contributed by atoms with Crippen molar-refractivity contribution in [3.05, 3.63) is 11.6 Å². The van der Waals surface area contributed by atoms with Crippen molar-refractivity contribution in [3.8, 4) is 0 Å². The van der Waals surface area contributed by atoms with Crippen LogP contribution in [-0.2, 0) is 9.59 Å². The van der Waals surface area contributed by atoms with E-state index in [2.05, 4.69) is 37.4 Å². The molecule has 0 aliphatic carbocycles. The van der Waals surface area contributed by atoms with Crippen molar-refractivity contribution in [2.24, 2.45) is 11.0 Å². The molecule has 0 aromatic rings. The number of hydrogen-bond acceptors (Lipinski definition) is 4. The van der Waals surface area contributed by atoms with Gasteiger partial charge >= 0.3 is 0 Å². The topological polar surface area (TPSA) is 90.8 Å². The summed E-state index contributed by atoms with van der Waals surface area (Å²) >= 11 is 0. The minimum Gasteiger partial charge on any atom is -0.289 e. The van der Waals surface area contributed by atoms with Crippen LogP contribution >= 0.6 is 0 Å². The van der Waals surface area contributed by atoms with Gasteiger partial charge in [-0.1, -0.05) is 25.0 Å². The third-order valence-corrected chi connectivity index (χ3v) is 3.43. The van der Waals surface area contributed by atoms with E-state index in [-0.39, 0.29) is 12.3 Å². The standard InChI is InChI=1S/C17H31N3O3/c1-14(2)8-7-9-15(3)12-13-18-19-16(21)10-5-4-6-11-17(22)20-23/h8,13,15,23H,4-7,9-12H2,1-3H3,(H,19,21)(H,20,22)/b18-13+/t15-/m0/s1. The summed E-state index contributed by atoms with van der Waals surface area (Å²) in [5, 5.41) is 12.3. The lowest BCUT2D eigenvalue weighted by Crippen LogP contribution is -2.18. The SMILES string of the molecule is CC(C)=CCC[C@H](C)C/C=N/NC(=O)CCCCCC(=O)NO. The van der Waals surface area contributed by atoms with Gasteiger partial charge in [-0.15, -0.1) is 0 Å². The quantitative estimate of drug-likeness (QED) is 0.169. The van der Waals surface area contributed by atoms with E-state index in [0.29, 0.717) is 25.2 Å². The first-order chi connectivity index (χ1) is 11.0. The monoisotopic (exact) mass is 325 g/mol. The Morgan fingerprint density at radius 2 is 1.78 bits per heavy atom. The number of hydrazone groups is 1. The van der Waals surface area contributed by atoms with Crippen LogP contribution in [0.1, 0.15) is 72.1 Å². The van der Waals surface area contributed by atoms with E-state index < -0.39 is 5.91 Å². The van der Waals surface area contributed by atoms with E-state index in [1.807, 2.05) is 0 Å². The Hall–Kier alpha value is -1.69. The number of nitrogens with zero attached hydrogens (tertiary/aromatic N) is 1. The molecule has 0 radical (unpaired) electrons. The summed E-state index contributed by atoms with van der Waals surface area (Å²) in [4.78, 5) is 22.3. The number of unbranched alkanes of at least 4 members (excludes halogenated alkanes) is 2. The van der Waals surface area contributed by atoms with Crippen LogP contribution in [0.2, 0.25) is 0 Å². The molecule has 6 heteroatoms. The zero-order valence-electron chi connectivity index (χ0n) is 14.6. The molecule has 0 fully saturated rings. The molecule has 0 heterocycles. The number of hydroxylamine groups is 1. The maximum Gasteiger partial charge on any atom is 0.243 e. The molecule has 0 aliphatic heterocycles. The lowest BCUT2D eigenvalue weighted by molar-refractivity contribution is -0.129.